The molecule has 3 heteroatoms. The van der Waals surface area contributed by atoms with Crippen LogP contribution in [0.3, 0.4) is 0 Å². The van der Waals surface area contributed by atoms with Crippen molar-refractivity contribution in [2.45, 2.75) is 38.3 Å². The summed E-state index contributed by atoms with van der Waals surface area (Å²) in [4.78, 5) is 4.45. The van der Waals surface area contributed by atoms with Crippen LogP contribution in [-0.2, 0) is 4.74 Å². The number of methoxy groups -OCH3 is 1. The van der Waals surface area contributed by atoms with Crippen molar-refractivity contribution in [1.29, 1.82) is 0 Å². The summed E-state index contributed by atoms with van der Waals surface area (Å²) >= 11 is 0. The van der Waals surface area contributed by atoms with E-state index in [1.54, 1.807) is 7.11 Å². The summed E-state index contributed by atoms with van der Waals surface area (Å²) in [5.41, 5.74) is 2.07. The second-order valence-corrected chi connectivity index (χ2v) is 5.15. The Labute approximate surface area is 121 Å². The normalized spacial score (nSPS) is 13.6. The topological polar surface area (TPSA) is 34.1 Å². The van der Waals surface area contributed by atoms with Gasteiger partial charge in [0.1, 0.15) is 0 Å². The highest BCUT2D eigenvalue weighted by atomic mass is 16.5. The van der Waals surface area contributed by atoms with Crippen molar-refractivity contribution in [2.75, 3.05) is 14.2 Å². The summed E-state index contributed by atoms with van der Waals surface area (Å²) < 4.78 is 5.87. The third-order valence-corrected chi connectivity index (χ3v) is 4.38. The fourth-order valence-electron chi connectivity index (χ4n) is 3.06. The molecule has 0 aliphatic carbocycles. The smallest absolute Gasteiger partial charge is 0.0867 e. The van der Waals surface area contributed by atoms with E-state index in [1.807, 2.05) is 19.3 Å². The van der Waals surface area contributed by atoms with Gasteiger partial charge < -0.3 is 10.1 Å². The van der Waals surface area contributed by atoms with Gasteiger partial charge in [0.15, 0.2) is 0 Å². The van der Waals surface area contributed by atoms with Gasteiger partial charge in [0.05, 0.1) is 17.2 Å². The molecule has 0 spiro atoms. The first-order valence-electron chi connectivity index (χ1n) is 7.27. The number of ether oxygens (including phenoxy) is 1. The molecular weight excluding hydrogens is 248 g/mol. The van der Waals surface area contributed by atoms with Crippen LogP contribution >= 0.6 is 0 Å². The van der Waals surface area contributed by atoms with E-state index in [0.717, 1.165) is 18.4 Å². The van der Waals surface area contributed by atoms with Crippen LogP contribution < -0.4 is 5.32 Å². The molecule has 1 N–H and O–H groups in total. The monoisotopic (exact) mass is 272 g/mol. The summed E-state index contributed by atoms with van der Waals surface area (Å²) in [6.07, 6.45) is 3.77. The van der Waals surface area contributed by atoms with Crippen molar-refractivity contribution in [1.82, 2.24) is 10.3 Å². The molecule has 1 aromatic carbocycles. The SMILES string of the molecule is CCC(CC)(OC)C(NC)c1ccc2cccnc2c1. The number of likely N-dealkylation sites (N-methyl/N-ethyl adjacent to an activating group) is 1. The number of hydrogen-bond acceptors (Lipinski definition) is 3. The van der Waals surface area contributed by atoms with Gasteiger partial charge in [0.2, 0.25) is 0 Å². The standard InChI is InChI=1S/C17H24N2O/c1-5-17(6-2,20-4)16(18-3)14-10-9-13-8-7-11-19-15(13)12-14/h7-12,16,18H,5-6H2,1-4H3. The van der Waals surface area contributed by atoms with Gasteiger partial charge in [-0.3, -0.25) is 4.98 Å². The average molecular weight is 272 g/mol. The summed E-state index contributed by atoms with van der Waals surface area (Å²) in [6, 6.07) is 10.7. The maximum absolute atomic E-state index is 5.87. The molecular formula is C17H24N2O. The number of hydrogen-bond donors (Lipinski definition) is 1. The summed E-state index contributed by atoms with van der Waals surface area (Å²) in [7, 11) is 3.79. The molecule has 0 fully saturated rings. The Morgan fingerprint density at radius 3 is 2.60 bits per heavy atom. The highest BCUT2D eigenvalue weighted by molar-refractivity contribution is 5.79. The number of benzene rings is 1. The van der Waals surface area contributed by atoms with E-state index >= 15 is 0 Å². The molecule has 0 bridgehead atoms. The average Bonchev–Trinajstić information content (AvgIpc) is 2.52. The first-order chi connectivity index (χ1) is 9.70. The summed E-state index contributed by atoms with van der Waals surface area (Å²) in [6.45, 7) is 4.35. The Bertz CT molecular complexity index is 555. The zero-order valence-corrected chi connectivity index (χ0v) is 12.8. The van der Waals surface area contributed by atoms with Crippen molar-refractivity contribution >= 4 is 10.9 Å². The third kappa shape index (κ3) is 2.56. The van der Waals surface area contributed by atoms with E-state index < -0.39 is 0 Å². The number of aromatic nitrogens is 1. The van der Waals surface area contributed by atoms with Crippen molar-refractivity contribution in [2.24, 2.45) is 0 Å². The molecule has 3 nitrogen and oxygen atoms in total. The second-order valence-electron chi connectivity index (χ2n) is 5.15. The fraction of sp³-hybridized carbons (Fsp3) is 0.471. The van der Waals surface area contributed by atoms with Gasteiger partial charge in [-0.2, -0.15) is 0 Å². The lowest BCUT2D eigenvalue weighted by Crippen LogP contribution is -2.43. The molecule has 0 aliphatic heterocycles. The quantitative estimate of drug-likeness (QED) is 0.870. The van der Waals surface area contributed by atoms with Gasteiger partial charge >= 0.3 is 0 Å². The highest BCUT2D eigenvalue weighted by Gasteiger charge is 2.36. The van der Waals surface area contributed by atoms with E-state index in [1.165, 1.54) is 10.9 Å². The molecule has 0 amide bonds. The van der Waals surface area contributed by atoms with Gasteiger partial charge in [-0.1, -0.05) is 32.0 Å². The molecule has 2 rings (SSSR count). The predicted molar refractivity (Wildman–Crippen MR) is 83.9 cm³/mol. The Morgan fingerprint density at radius 1 is 1.25 bits per heavy atom. The summed E-state index contributed by atoms with van der Waals surface area (Å²) in [5.74, 6) is 0. The third-order valence-electron chi connectivity index (χ3n) is 4.38. The van der Waals surface area contributed by atoms with Gasteiger partial charge in [-0.25, -0.2) is 0 Å². The van der Waals surface area contributed by atoms with Gasteiger partial charge in [-0.15, -0.1) is 0 Å². The van der Waals surface area contributed by atoms with E-state index in [9.17, 15) is 0 Å². The molecule has 0 saturated carbocycles. The molecule has 0 aliphatic rings. The molecule has 0 saturated heterocycles. The van der Waals surface area contributed by atoms with Crippen molar-refractivity contribution in [3.8, 4) is 0 Å². The van der Waals surface area contributed by atoms with Crippen molar-refractivity contribution < 1.29 is 4.74 Å². The van der Waals surface area contributed by atoms with Crippen molar-refractivity contribution in [3.05, 3.63) is 42.1 Å². The minimum absolute atomic E-state index is 0.161. The number of pyridine rings is 1. The predicted octanol–water partition coefficient (Wildman–Crippen LogP) is 3.70. The maximum Gasteiger partial charge on any atom is 0.0867 e. The lowest BCUT2D eigenvalue weighted by molar-refractivity contribution is -0.0467. The lowest BCUT2D eigenvalue weighted by atomic mass is 9.83. The van der Waals surface area contributed by atoms with Crippen LogP contribution in [0, 0.1) is 0 Å². The van der Waals surface area contributed by atoms with Crippen LogP contribution in [0.5, 0.6) is 0 Å². The van der Waals surface area contributed by atoms with Crippen LogP contribution in [0.2, 0.25) is 0 Å². The molecule has 0 radical (unpaired) electrons. The maximum atomic E-state index is 5.87. The first kappa shape index (κ1) is 14.9. The number of fused-ring (bicyclic) bond motifs is 1. The Balaban J connectivity index is 2.48. The van der Waals surface area contributed by atoms with Crippen molar-refractivity contribution in [3.63, 3.8) is 0 Å². The molecule has 1 aromatic heterocycles. The number of nitrogens with zero attached hydrogens (tertiary/aromatic N) is 1. The first-order valence-corrected chi connectivity index (χ1v) is 7.27. The molecule has 1 heterocycles. The zero-order chi connectivity index (χ0) is 14.6. The van der Waals surface area contributed by atoms with E-state index in [-0.39, 0.29) is 11.6 Å². The van der Waals surface area contributed by atoms with Crippen LogP contribution in [0.1, 0.15) is 38.3 Å². The van der Waals surface area contributed by atoms with Crippen LogP contribution in [0.4, 0.5) is 0 Å². The fourth-order valence-corrected chi connectivity index (χ4v) is 3.06. The number of nitrogens with one attached hydrogen (secondary N) is 1. The molecule has 108 valence electrons. The summed E-state index contributed by atoms with van der Waals surface area (Å²) in [5, 5.41) is 4.59. The Hall–Kier alpha value is -1.45. The highest BCUT2D eigenvalue weighted by Crippen LogP contribution is 2.35. The van der Waals surface area contributed by atoms with Gasteiger partial charge in [0, 0.05) is 18.7 Å². The molecule has 20 heavy (non-hydrogen) atoms. The van der Waals surface area contributed by atoms with Crippen LogP contribution in [0.25, 0.3) is 10.9 Å². The van der Waals surface area contributed by atoms with E-state index in [0.29, 0.717) is 0 Å². The molecule has 2 aromatic rings. The van der Waals surface area contributed by atoms with E-state index in [2.05, 4.69) is 48.4 Å². The van der Waals surface area contributed by atoms with Crippen LogP contribution in [-0.4, -0.2) is 24.7 Å². The lowest BCUT2D eigenvalue weighted by Gasteiger charge is -2.38. The molecule has 1 unspecified atom stereocenters. The molecule has 1 atom stereocenters. The minimum atomic E-state index is -0.183. The zero-order valence-electron chi connectivity index (χ0n) is 12.8. The minimum Gasteiger partial charge on any atom is -0.376 e. The Morgan fingerprint density at radius 2 is 2.00 bits per heavy atom. The number of rotatable bonds is 6. The van der Waals surface area contributed by atoms with E-state index in [4.69, 9.17) is 4.74 Å². The van der Waals surface area contributed by atoms with Gasteiger partial charge in [0.25, 0.3) is 0 Å². The largest absolute Gasteiger partial charge is 0.376 e. The Kier molecular flexibility index (Phi) is 4.73. The van der Waals surface area contributed by atoms with Gasteiger partial charge in [-0.05, 0) is 37.6 Å². The van der Waals surface area contributed by atoms with Crippen LogP contribution in [0.15, 0.2) is 36.5 Å². The second kappa shape index (κ2) is 6.33.